The van der Waals surface area contributed by atoms with Crippen LogP contribution < -0.4 is 10.1 Å². The van der Waals surface area contributed by atoms with Crippen LogP contribution in [0.4, 0.5) is 0 Å². The number of phenols is 1. The molecule has 1 aliphatic heterocycles. The molecule has 1 aromatic rings. The number of ether oxygens (including phenoxy) is 1. The van der Waals surface area contributed by atoms with E-state index in [2.05, 4.69) is 17.1 Å². The summed E-state index contributed by atoms with van der Waals surface area (Å²) in [5, 5.41) is 13.8. The monoisotopic (exact) mass is 292 g/mol. The third kappa shape index (κ3) is 4.11. The number of methoxy groups -OCH3 is 1. The van der Waals surface area contributed by atoms with E-state index in [4.69, 9.17) is 4.74 Å². The van der Waals surface area contributed by atoms with E-state index in [0.717, 1.165) is 43.9 Å². The molecule has 0 aromatic heterocycles. The zero-order valence-electron chi connectivity index (χ0n) is 13.3. The molecule has 4 heteroatoms. The van der Waals surface area contributed by atoms with Gasteiger partial charge in [0.2, 0.25) is 0 Å². The Labute approximate surface area is 128 Å². The van der Waals surface area contributed by atoms with E-state index in [1.54, 1.807) is 13.2 Å². The molecule has 0 bridgehead atoms. The maximum absolute atomic E-state index is 10.4. The number of hydrogen-bond acceptors (Lipinski definition) is 4. The predicted molar refractivity (Wildman–Crippen MR) is 86.0 cm³/mol. The van der Waals surface area contributed by atoms with Gasteiger partial charge in [-0.3, -0.25) is 4.90 Å². The smallest absolute Gasteiger partial charge is 0.127 e. The first-order chi connectivity index (χ1) is 10.3. The average Bonchev–Trinajstić information content (AvgIpc) is 2.53. The van der Waals surface area contributed by atoms with Crippen molar-refractivity contribution in [2.24, 2.45) is 0 Å². The van der Waals surface area contributed by atoms with Crippen LogP contribution in [0.2, 0.25) is 0 Å². The fraction of sp³-hybridized carbons (Fsp3) is 0.647. The zero-order valence-corrected chi connectivity index (χ0v) is 13.3. The van der Waals surface area contributed by atoms with E-state index in [9.17, 15) is 5.11 Å². The SMILES string of the molecule is CCCCC[C@H](c1c(O)cccc1OC)N1CCNCC1. The Morgan fingerprint density at radius 2 is 2.05 bits per heavy atom. The van der Waals surface area contributed by atoms with E-state index < -0.39 is 0 Å². The molecule has 0 amide bonds. The molecule has 21 heavy (non-hydrogen) atoms. The van der Waals surface area contributed by atoms with Gasteiger partial charge in [0.1, 0.15) is 11.5 Å². The van der Waals surface area contributed by atoms with Crippen molar-refractivity contribution in [3.05, 3.63) is 23.8 Å². The van der Waals surface area contributed by atoms with Crippen LogP contribution in [0.1, 0.15) is 44.2 Å². The van der Waals surface area contributed by atoms with Crippen molar-refractivity contribution in [1.82, 2.24) is 10.2 Å². The Morgan fingerprint density at radius 1 is 1.29 bits per heavy atom. The quantitative estimate of drug-likeness (QED) is 0.759. The predicted octanol–water partition coefficient (Wildman–Crippen LogP) is 2.93. The molecule has 1 aliphatic rings. The minimum absolute atomic E-state index is 0.245. The highest BCUT2D eigenvalue weighted by molar-refractivity contribution is 5.46. The fourth-order valence-corrected chi connectivity index (χ4v) is 3.14. The van der Waals surface area contributed by atoms with Crippen molar-refractivity contribution in [3.8, 4) is 11.5 Å². The van der Waals surface area contributed by atoms with Crippen LogP contribution in [0.5, 0.6) is 11.5 Å². The van der Waals surface area contributed by atoms with Gasteiger partial charge in [0, 0.05) is 32.2 Å². The van der Waals surface area contributed by atoms with Crippen molar-refractivity contribution >= 4 is 0 Å². The number of nitrogens with zero attached hydrogens (tertiary/aromatic N) is 1. The number of rotatable bonds is 7. The minimum atomic E-state index is 0.245. The molecule has 1 heterocycles. The molecule has 118 valence electrons. The second-order valence-electron chi connectivity index (χ2n) is 5.69. The topological polar surface area (TPSA) is 44.7 Å². The van der Waals surface area contributed by atoms with E-state index in [1.807, 2.05) is 12.1 Å². The summed E-state index contributed by atoms with van der Waals surface area (Å²) in [6, 6.07) is 5.81. The minimum Gasteiger partial charge on any atom is -0.507 e. The third-order valence-corrected chi connectivity index (χ3v) is 4.27. The molecular formula is C17H28N2O2. The lowest BCUT2D eigenvalue weighted by Gasteiger charge is -2.36. The molecule has 1 fully saturated rings. The van der Waals surface area contributed by atoms with E-state index in [1.165, 1.54) is 19.3 Å². The van der Waals surface area contributed by atoms with Crippen molar-refractivity contribution in [2.45, 2.75) is 38.6 Å². The standard InChI is InChI=1S/C17H28N2O2/c1-3-4-5-7-14(19-12-10-18-11-13-19)17-15(20)8-6-9-16(17)21-2/h6,8-9,14,18,20H,3-5,7,10-13H2,1-2H3/t14-/m1/s1. The lowest BCUT2D eigenvalue weighted by Crippen LogP contribution is -2.45. The lowest BCUT2D eigenvalue weighted by atomic mass is 9.96. The summed E-state index contributed by atoms with van der Waals surface area (Å²) in [5.74, 6) is 1.16. The lowest BCUT2D eigenvalue weighted by molar-refractivity contribution is 0.157. The number of piperazine rings is 1. The number of hydrogen-bond donors (Lipinski definition) is 2. The molecule has 0 spiro atoms. The van der Waals surface area contributed by atoms with Crippen LogP contribution >= 0.6 is 0 Å². The van der Waals surface area contributed by atoms with Crippen LogP contribution in [0.3, 0.4) is 0 Å². The molecular weight excluding hydrogens is 264 g/mol. The van der Waals surface area contributed by atoms with Crippen LogP contribution in [-0.4, -0.2) is 43.3 Å². The van der Waals surface area contributed by atoms with Gasteiger partial charge in [-0.2, -0.15) is 0 Å². The molecule has 4 nitrogen and oxygen atoms in total. The van der Waals surface area contributed by atoms with Gasteiger partial charge in [0.15, 0.2) is 0 Å². The first kappa shape index (κ1) is 16.1. The van der Waals surface area contributed by atoms with Gasteiger partial charge < -0.3 is 15.2 Å². The highest BCUT2D eigenvalue weighted by Crippen LogP contribution is 2.39. The Balaban J connectivity index is 2.24. The summed E-state index contributed by atoms with van der Waals surface area (Å²) < 4.78 is 5.50. The number of benzene rings is 1. The highest BCUT2D eigenvalue weighted by atomic mass is 16.5. The van der Waals surface area contributed by atoms with Gasteiger partial charge in [-0.25, -0.2) is 0 Å². The summed E-state index contributed by atoms with van der Waals surface area (Å²) in [7, 11) is 1.68. The summed E-state index contributed by atoms with van der Waals surface area (Å²) in [6.07, 6.45) is 4.70. The molecule has 1 aromatic carbocycles. The highest BCUT2D eigenvalue weighted by Gasteiger charge is 2.26. The molecule has 2 N–H and O–H groups in total. The second-order valence-corrected chi connectivity index (χ2v) is 5.69. The maximum Gasteiger partial charge on any atom is 0.127 e. The number of phenolic OH excluding ortho intramolecular Hbond substituents is 1. The molecule has 1 saturated heterocycles. The van der Waals surface area contributed by atoms with E-state index in [0.29, 0.717) is 5.75 Å². The fourth-order valence-electron chi connectivity index (χ4n) is 3.14. The summed E-state index contributed by atoms with van der Waals surface area (Å²) >= 11 is 0. The van der Waals surface area contributed by atoms with Crippen molar-refractivity contribution in [1.29, 1.82) is 0 Å². The van der Waals surface area contributed by atoms with E-state index >= 15 is 0 Å². The Hall–Kier alpha value is -1.26. The zero-order chi connectivity index (χ0) is 15.1. The summed E-state index contributed by atoms with van der Waals surface area (Å²) in [6.45, 7) is 6.29. The first-order valence-corrected chi connectivity index (χ1v) is 8.08. The molecule has 0 saturated carbocycles. The van der Waals surface area contributed by atoms with Gasteiger partial charge >= 0.3 is 0 Å². The van der Waals surface area contributed by atoms with Crippen molar-refractivity contribution < 1.29 is 9.84 Å². The maximum atomic E-state index is 10.4. The van der Waals surface area contributed by atoms with Crippen molar-refractivity contribution in [2.75, 3.05) is 33.3 Å². The summed E-state index contributed by atoms with van der Waals surface area (Å²) in [4.78, 5) is 2.48. The Bertz CT molecular complexity index is 431. The molecule has 0 unspecified atom stereocenters. The number of aromatic hydroxyl groups is 1. The normalized spacial score (nSPS) is 17.6. The van der Waals surface area contributed by atoms with Crippen LogP contribution in [0, 0.1) is 0 Å². The van der Waals surface area contributed by atoms with Crippen LogP contribution in [0.25, 0.3) is 0 Å². The van der Waals surface area contributed by atoms with E-state index in [-0.39, 0.29) is 6.04 Å². The van der Waals surface area contributed by atoms with Gasteiger partial charge in [0.05, 0.1) is 12.7 Å². The second kappa shape index (κ2) is 8.25. The van der Waals surface area contributed by atoms with Gasteiger partial charge in [-0.05, 0) is 18.6 Å². The summed E-state index contributed by atoms with van der Waals surface area (Å²) in [5.41, 5.74) is 0.956. The third-order valence-electron chi connectivity index (χ3n) is 4.27. The largest absolute Gasteiger partial charge is 0.507 e. The van der Waals surface area contributed by atoms with Crippen molar-refractivity contribution in [3.63, 3.8) is 0 Å². The first-order valence-electron chi connectivity index (χ1n) is 8.08. The molecule has 0 aliphatic carbocycles. The average molecular weight is 292 g/mol. The Morgan fingerprint density at radius 3 is 2.71 bits per heavy atom. The number of nitrogens with one attached hydrogen (secondary N) is 1. The molecule has 1 atom stereocenters. The Kier molecular flexibility index (Phi) is 6.33. The van der Waals surface area contributed by atoms with Gasteiger partial charge in [0.25, 0.3) is 0 Å². The van der Waals surface area contributed by atoms with Crippen LogP contribution in [0.15, 0.2) is 18.2 Å². The number of unbranched alkanes of at least 4 members (excludes halogenated alkanes) is 2. The molecule has 0 radical (unpaired) electrons. The van der Waals surface area contributed by atoms with Gasteiger partial charge in [-0.1, -0.05) is 32.3 Å². The van der Waals surface area contributed by atoms with Gasteiger partial charge in [-0.15, -0.1) is 0 Å². The van der Waals surface area contributed by atoms with Crippen LogP contribution in [-0.2, 0) is 0 Å². The molecule has 2 rings (SSSR count).